The lowest BCUT2D eigenvalue weighted by Gasteiger charge is -2.04. The van der Waals surface area contributed by atoms with E-state index in [0.717, 1.165) is 15.5 Å². The molecule has 0 radical (unpaired) electrons. The lowest BCUT2D eigenvalue weighted by atomic mass is 10.2. The molecule has 0 aliphatic heterocycles. The highest BCUT2D eigenvalue weighted by Crippen LogP contribution is 2.21. The molecule has 1 aromatic carbocycles. The summed E-state index contributed by atoms with van der Waals surface area (Å²) in [5, 5.41) is 17.8. The van der Waals surface area contributed by atoms with Crippen LogP contribution >= 0.6 is 15.9 Å². The fourth-order valence-corrected chi connectivity index (χ4v) is 1.99. The topological polar surface area (TPSA) is 125 Å². The molecule has 0 aliphatic carbocycles. The van der Waals surface area contributed by atoms with E-state index in [2.05, 4.69) is 36.5 Å². The van der Waals surface area contributed by atoms with Crippen molar-refractivity contribution in [1.29, 1.82) is 0 Å². The van der Waals surface area contributed by atoms with E-state index in [0.29, 0.717) is 11.3 Å². The SMILES string of the molecule is COc1ccc(Br)cc1/C=N\NC(=O)Cn1cnc([N+](=O)[O-])n1. The van der Waals surface area contributed by atoms with Crippen LogP contribution in [0.3, 0.4) is 0 Å². The van der Waals surface area contributed by atoms with E-state index in [4.69, 9.17) is 4.74 Å². The average molecular weight is 383 g/mol. The summed E-state index contributed by atoms with van der Waals surface area (Å²) in [5.41, 5.74) is 2.96. The van der Waals surface area contributed by atoms with Crippen LogP contribution < -0.4 is 10.2 Å². The predicted octanol–water partition coefficient (Wildman–Crippen LogP) is 1.11. The molecule has 120 valence electrons. The Balaban J connectivity index is 1.95. The molecule has 0 saturated carbocycles. The Morgan fingerprint density at radius 1 is 1.61 bits per heavy atom. The number of ether oxygens (including phenoxy) is 1. The maximum Gasteiger partial charge on any atom is 0.490 e. The number of hydrogen-bond donors (Lipinski definition) is 1. The van der Waals surface area contributed by atoms with Gasteiger partial charge < -0.3 is 14.9 Å². The highest BCUT2D eigenvalue weighted by Gasteiger charge is 2.14. The number of nitro groups is 1. The molecule has 1 aromatic heterocycles. The second-order valence-electron chi connectivity index (χ2n) is 4.18. The summed E-state index contributed by atoms with van der Waals surface area (Å²) in [6, 6.07) is 5.34. The smallest absolute Gasteiger partial charge is 0.490 e. The first-order valence-corrected chi connectivity index (χ1v) is 6.98. The van der Waals surface area contributed by atoms with E-state index in [-0.39, 0.29) is 6.54 Å². The highest BCUT2D eigenvalue weighted by atomic mass is 79.9. The molecule has 1 amide bonds. The van der Waals surface area contributed by atoms with Crippen LogP contribution in [-0.2, 0) is 11.3 Å². The van der Waals surface area contributed by atoms with Gasteiger partial charge >= 0.3 is 5.95 Å². The average Bonchev–Trinajstić information content (AvgIpc) is 2.96. The molecule has 11 heteroatoms. The monoisotopic (exact) mass is 382 g/mol. The molecule has 0 bridgehead atoms. The van der Waals surface area contributed by atoms with Crippen molar-refractivity contribution >= 4 is 34.0 Å². The van der Waals surface area contributed by atoms with Crippen LogP contribution in [-0.4, -0.2) is 38.9 Å². The minimum atomic E-state index is -0.744. The molecule has 0 atom stereocenters. The zero-order valence-corrected chi connectivity index (χ0v) is 13.4. The summed E-state index contributed by atoms with van der Waals surface area (Å²) in [5.74, 6) is -0.478. The Morgan fingerprint density at radius 3 is 3.04 bits per heavy atom. The van der Waals surface area contributed by atoms with Crippen molar-refractivity contribution < 1.29 is 14.5 Å². The van der Waals surface area contributed by atoms with Crippen molar-refractivity contribution in [2.24, 2.45) is 5.10 Å². The van der Waals surface area contributed by atoms with E-state index in [1.54, 1.807) is 12.1 Å². The van der Waals surface area contributed by atoms with E-state index in [9.17, 15) is 14.9 Å². The summed E-state index contributed by atoms with van der Waals surface area (Å²) in [6.45, 7) is -0.242. The van der Waals surface area contributed by atoms with Crippen LogP contribution in [0.25, 0.3) is 0 Å². The summed E-state index contributed by atoms with van der Waals surface area (Å²) in [6.07, 6.45) is 2.52. The van der Waals surface area contributed by atoms with Gasteiger partial charge in [-0.2, -0.15) is 9.78 Å². The summed E-state index contributed by atoms with van der Waals surface area (Å²) in [7, 11) is 1.52. The van der Waals surface area contributed by atoms with Crippen molar-refractivity contribution in [3.05, 3.63) is 44.7 Å². The van der Waals surface area contributed by atoms with Crippen LogP contribution in [0, 0.1) is 10.1 Å². The molecule has 23 heavy (non-hydrogen) atoms. The number of halogens is 1. The largest absolute Gasteiger partial charge is 0.496 e. The zero-order valence-electron chi connectivity index (χ0n) is 11.8. The van der Waals surface area contributed by atoms with Gasteiger partial charge in [0, 0.05) is 15.1 Å². The Morgan fingerprint density at radius 2 is 2.39 bits per heavy atom. The van der Waals surface area contributed by atoms with Crippen LogP contribution in [0.5, 0.6) is 5.75 Å². The van der Waals surface area contributed by atoms with Gasteiger partial charge in [0.15, 0.2) is 0 Å². The molecule has 0 fully saturated rings. The maximum absolute atomic E-state index is 11.7. The van der Waals surface area contributed by atoms with Gasteiger partial charge in [-0.15, -0.1) is 0 Å². The summed E-state index contributed by atoms with van der Waals surface area (Å²) in [4.78, 5) is 24.8. The van der Waals surface area contributed by atoms with E-state index < -0.39 is 16.8 Å². The number of hydrogen-bond acceptors (Lipinski definition) is 7. The number of carbonyl (C=O) groups is 1. The van der Waals surface area contributed by atoms with Crippen LogP contribution in [0.4, 0.5) is 5.95 Å². The minimum absolute atomic E-state index is 0.242. The molecule has 0 spiro atoms. The molecule has 2 aromatic rings. The molecule has 0 saturated heterocycles. The van der Waals surface area contributed by atoms with Gasteiger partial charge in [-0.25, -0.2) is 5.43 Å². The maximum atomic E-state index is 11.7. The number of aromatic nitrogens is 3. The number of benzene rings is 1. The summed E-state index contributed by atoms with van der Waals surface area (Å²) < 4.78 is 7.05. The molecule has 0 unspecified atom stereocenters. The fourth-order valence-electron chi connectivity index (χ4n) is 1.61. The highest BCUT2D eigenvalue weighted by molar-refractivity contribution is 9.10. The molecule has 0 aliphatic rings. The van der Waals surface area contributed by atoms with Gasteiger partial charge in [-0.3, -0.25) is 4.79 Å². The molecular formula is C12H11BrN6O4. The Hall–Kier alpha value is -2.82. The third-order valence-corrected chi connectivity index (χ3v) is 3.07. The third kappa shape index (κ3) is 4.57. The van der Waals surface area contributed by atoms with Crippen LogP contribution in [0.1, 0.15) is 5.56 Å². The van der Waals surface area contributed by atoms with Gasteiger partial charge in [0.2, 0.25) is 6.33 Å². The van der Waals surface area contributed by atoms with Crippen molar-refractivity contribution in [3.63, 3.8) is 0 Å². The van der Waals surface area contributed by atoms with Crippen molar-refractivity contribution in [3.8, 4) is 5.75 Å². The van der Waals surface area contributed by atoms with Gasteiger partial charge in [0.1, 0.15) is 12.3 Å². The number of carbonyl (C=O) groups excluding carboxylic acids is 1. The minimum Gasteiger partial charge on any atom is -0.496 e. The lowest BCUT2D eigenvalue weighted by molar-refractivity contribution is -0.394. The molecule has 1 heterocycles. The number of amides is 1. The zero-order chi connectivity index (χ0) is 16.8. The van der Waals surface area contributed by atoms with Gasteiger partial charge in [-0.05, 0) is 23.1 Å². The number of rotatable bonds is 6. The van der Waals surface area contributed by atoms with Gasteiger partial charge in [-0.1, -0.05) is 20.9 Å². The molecule has 1 N–H and O–H groups in total. The molecule has 10 nitrogen and oxygen atoms in total. The Labute approximate surface area is 138 Å². The quantitative estimate of drug-likeness (QED) is 0.453. The number of hydrazone groups is 1. The van der Waals surface area contributed by atoms with Gasteiger partial charge in [0.05, 0.1) is 13.3 Å². The first-order chi connectivity index (χ1) is 11.0. The van der Waals surface area contributed by atoms with Crippen LogP contribution in [0.15, 0.2) is 34.1 Å². The summed E-state index contributed by atoms with van der Waals surface area (Å²) >= 11 is 3.33. The van der Waals surface area contributed by atoms with Crippen molar-refractivity contribution in [2.45, 2.75) is 6.54 Å². The number of methoxy groups -OCH3 is 1. The second-order valence-corrected chi connectivity index (χ2v) is 5.09. The number of nitrogens with one attached hydrogen (secondary N) is 1. The third-order valence-electron chi connectivity index (χ3n) is 2.58. The predicted molar refractivity (Wildman–Crippen MR) is 83.1 cm³/mol. The van der Waals surface area contributed by atoms with Gasteiger partial charge in [0.25, 0.3) is 5.91 Å². The van der Waals surface area contributed by atoms with E-state index >= 15 is 0 Å². The normalized spacial score (nSPS) is 10.7. The Kier molecular flexibility index (Phi) is 5.36. The van der Waals surface area contributed by atoms with Crippen molar-refractivity contribution in [1.82, 2.24) is 20.2 Å². The first-order valence-electron chi connectivity index (χ1n) is 6.19. The second kappa shape index (κ2) is 7.45. The van der Waals surface area contributed by atoms with E-state index in [1.165, 1.54) is 13.3 Å². The standard InChI is InChI=1S/C12H11BrN6O4/c1-23-10-3-2-9(13)4-8(10)5-15-16-11(20)6-18-7-14-12(17-18)19(21)22/h2-5,7H,6H2,1H3,(H,16,20)/b15-5-. The molecular weight excluding hydrogens is 372 g/mol. The lowest BCUT2D eigenvalue weighted by Crippen LogP contribution is -2.23. The Bertz CT molecular complexity index is 760. The van der Waals surface area contributed by atoms with Crippen LogP contribution in [0.2, 0.25) is 0 Å². The van der Waals surface area contributed by atoms with Crippen molar-refractivity contribution in [2.75, 3.05) is 7.11 Å². The van der Waals surface area contributed by atoms with E-state index in [1.807, 2.05) is 6.07 Å². The molecule has 2 rings (SSSR count). The first kappa shape index (κ1) is 16.5. The number of nitrogens with zero attached hydrogens (tertiary/aromatic N) is 5. The fraction of sp³-hybridized carbons (Fsp3) is 0.167.